The maximum atomic E-state index is 6.50. The SMILES string of the molecule is CCC(C)C(Cl)c1ccc2c(c1)CCCC2. The van der Waals surface area contributed by atoms with Crippen molar-refractivity contribution in [1.29, 1.82) is 0 Å². The van der Waals surface area contributed by atoms with Gasteiger partial charge in [-0.2, -0.15) is 0 Å². The highest BCUT2D eigenvalue weighted by Crippen LogP contribution is 2.33. The van der Waals surface area contributed by atoms with Crippen LogP contribution in [0.4, 0.5) is 0 Å². The Morgan fingerprint density at radius 2 is 1.88 bits per heavy atom. The highest BCUT2D eigenvalue weighted by Gasteiger charge is 2.17. The second kappa shape index (κ2) is 5.23. The van der Waals surface area contributed by atoms with Crippen LogP contribution in [-0.2, 0) is 12.8 Å². The van der Waals surface area contributed by atoms with Crippen LogP contribution in [-0.4, -0.2) is 0 Å². The number of hydrogen-bond donors (Lipinski definition) is 0. The Morgan fingerprint density at radius 1 is 1.19 bits per heavy atom. The molecule has 2 rings (SSSR count). The molecule has 0 aromatic heterocycles. The lowest BCUT2D eigenvalue weighted by Crippen LogP contribution is -2.07. The smallest absolute Gasteiger partial charge is 0.0610 e. The summed E-state index contributed by atoms with van der Waals surface area (Å²) in [5.74, 6) is 0.559. The molecule has 0 N–H and O–H groups in total. The fourth-order valence-corrected chi connectivity index (χ4v) is 2.77. The topological polar surface area (TPSA) is 0 Å². The minimum absolute atomic E-state index is 0.178. The lowest BCUT2D eigenvalue weighted by molar-refractivity contribution is 0.541. The number of alkyl halides is 1. The van der Waals surface area contributed by atoms with E-state index in [0.717, 1.165) is 6.42 Å². The van der Waals surface area contributed by atoms with Crippen LogP contribution >= 0.6 is 11.6 Å². The summed E-state index contributed by atoms with van der Waals surface area (Å²) in [5.41, 5.74) is 4.40. The molecular formula is C15H21Cl. The number of fused-ring (bicyclic) bond motifs is 1. The molecule has 88 valence electrons. The van der Waals surface area contributed by atoms with Gasteiger partial charge in [-0.25, -0.2) is 0 Å². The van der Waals surface area contributed by atoms with E-state index < -0.39 is 0 Å². The van der Waals surface area contributed by atoms with Gasteiger partial charge in [0.25, 0.3) is 0 Å². The van der Waals surface area contributed by atoms with Gasteiger partial charge in [0.05, 0.1) is 5.38 Å². The zero-order valence-corrected chi connectivity index (χ0v) is 11.1. The molecule has 16 heavy (non-hydrogen) atoms. The lowest BCUT2D eigenvalue weighted by Gasteiger charge is -2.21. The van der Waals surface area contributed by atoms with Crippen LogP contribution in [0.5, 0.6) is 0 Å². The molecule has 0 saturated carbocycles. The minimum atomic E-state index is 0.178. The molecule has 0 spiro atoms. The van der Waals surface area contributed by atoms with Crippen molar-refractivity contribution >= 4 is 11.6 Å². The van der Waals surface area contributed by atoms with Gasteiger partial charge in [0.15, 0.2) is 0 Å². The van der Waals surface area contributed by atoms with E-state index in [4.69, 9.17) is 11.6 Å². The van der Waals surface area contributed by atoms with Crippen LogP contribution in [0.2, 0.25) is 0 Å². The van der Waals surface area contributed by atoms with E-state index in [1.165, 1.54) is 36.8 Å². The zero-order chi connectivity index (χ0) is 11.5. The molecule has 1 aromatic carbocycles. The number of benzene rings is 1. The number of aryl methyl sites for hydroxylation is 2. The zero-order valence-electron chi connectivity index (χ0n) is 10.3. The summed E-state index contributed by atoms with van der Waals surface area (Å²) in [6.07, 6.45) is 6.33. The summed E-state index contributed by atoms with van der Waals surface area (Å²) >= 11 is 6.50. The summed E-state index contributed by atoms with van der Waals surface area (Å²) in [6, 6.07) is 6.87. The van der Waals surface area contributed by atoms with Gasteiger partial charge in [-0.15, -0.1) is 11.6 Å². The van der Waals surface area contributed by atoms with E-state index in [0.29, 0.717) is 5.92 Å². The number of rotatable bonds is 3. The van der Waals surface area contributed by atoms with Crippen molar-refractivity contribution in [3.63, 3.8) is 0 Å². The number of hydrogen-bond acceptors (Lipinski definition) is 0. The van der Waals surface area contributed by atoms with Gasteiger partial charge < -0.3 is 0 Å². The van der Waals surface area contributed by atoms with Gasteiger partial charge in [0, 0.05) is 0 Å². The third kappa shape index (κ3) is 2.43. The van der Waals surface area contributed by atoms with E-state index in [2.05, 4.69) is 32.0 Å². The van der Waals surface area contributed by atoms with Gasteiger partial charge in [-0.3, -0.25) is 0 Å². The molecule has 0 heterocycles. The molecule has 0 radical (unpaired) electrons. The molecule has 0 saturated heterocycles. The molecule has 2 atom stereocenters. The first kappa shape index (κ1) is 12.0. The maximum Gasteiger partial charge on any atom is 0.0610 e. The predicted molar refractivity (Wildman–Crippen MR) is 71.1 cm³/mol. The van der Waals surface area contributed by atoms with Gasteiger partial charge in [-0.05, 0) is 48.3 Å². The molecule has 1 aromatic rings. The van der Waals surface area contributed by atoms with Crippen molar-refractivity contribution in [2.24, 2.45) is 5.92 Å². The molecule has 0 nitrogen and oxygen atoms in total. The molecule has 1 aliphatic rings. The van der Waals surface area contributed by atoms with E-state index in [1.54, 1.807) is 5.56 Å². The van der Waals surface area contributed by atoms with Gasteiger partial charge >= 0.3 is 0 Å². The third-order valence-corrected chi connectivity index (χ3v) is 4.52. The Balaban J connectivity index is 2.22. The Bertz CT molecular complexity index is 356. The van der Waals surface area contributed by atoms with Crippen LogP contribution in [0, 0.1) is 5.92 Å². The summed E-state index contributed by atoms with van der Waals surface area (Å²) in [4.78, 5) is 0. The summed E-state index contributed by atoms with van der Waals surface area (Å²) in [6.45, 7) is 4.44. The average Bonchev–Trinajstić information content (AvgIpc) is 2.36. The fourth-order valence-electron chi connectivity index (χ4n) is 2.46. The monoisotopic (exact) mass is 236 g/mol. The van der Waals surface area contributed by atoms with E-state index >= 15 is 0 Å². The highest BCUT2D eigenvalue weighted by molar-refractivity contribution is 6.21. The van der Waals surface area contributed by atoms with Gasteiger partial charge in [0.1, 0.15) is 0 Å². The van der Waals surface area contributed by atoms with Crippen LogP contribution in [0.15, 0.2) is 18.2 Å². The first-order chi connectivity index (χ1) is 7.72. The summed E-state index contributed by atoms with van der Waals surface area (Å²) < 4.78 is 0. The van der Waals surface area contributed by atoms with Gasteiger partial charge in [-0.1, -0.05) is 38.5 Å². The standard InChI is InChI=1S/C15H21Cl/c1-3-11(2)15(16)14-9-8-12-6-4-5-7-13(12)10-14/h8-11,15H,3-7H2,1-2H3. The molecule has 0 bridgehead atoms. The molecule has 1 aliphatic carbocycles. The van der Waals surface area contributed by atoms with Crippen molar-refractivity contribution in [2.45, 2.75) is 51.3 Å². The first-order valence-corrected chi connectivity index (χ1v) is 6.91. The molecule has 2 unspecified atom stereocenters. The highest BCUT2D eigenvalue weighted by atomic mass is 35.5. The van der Waals surface area contributed by atoms with Crippen molar-refractivity contribution in [2.75, 3.05) is 0 Å². The molecular weight excluding hydrogens is 216 g/mol. The van der Waals surface area contributed by atoms with Crippen LogP contribution < -0.4 is 0 Å². The van der Waals surface area contributed by atoms with E-state index in [1.807, 2.05) is 0 Å². The minimum Gasteiger partial charge on any atom is -0.118 e. The van der Waals surface area contributed by atoms with E-state index in [-0.39, 0.29) is 5.38 Å². The Labute approximate surface area is 104 Å². The van der Waals surface area contributed by atoms with Crippen LogP contribution in [0.25, 0.3) is 0 Å². The maximum absolute atomic E-state index is 6.50. The van der Waals surface area contributed by atoms with E-state index in [9.17, 15) is 0 Å². The molecule has 0 fully saturated rings. The Morgan fingerprint density at radius 3 is 2.56 bits per heavy atom. The quantitative estimate of drug-likeness (QED) is 0.656. The Kier molecular flexibility index (Phi) is 3.91. The van der Waals surface area contributed by atoms with Crippen molar-refractivity contribution in [3.8, 4) is 0 Å². The van der Waals surface area contributed by atoms with Crippen LogP contribution in [0.1, 0.15) is 55.2 Å². The van der Waals surface area contributed by atoms with Crippen molar-refractivity contribution < 1.29 is 0 Å². The van der Waals surface area contributed by atoms with Crippen LogP contribution in [0.3, 0.4) is 0 Å². The first-order valence-electron chi connectivity index (χ1n) is 6.48. The number of halogens is 1. The lowest BCUT2D eigenvalue weighted by atomic mass is 9.88. The molecule has 0 aliphatic heterocycles. The largest absolute Gasteiger partial charge is 0.118 e. The summed E-state index contributed by atoms with van der Waals surface area (Å²) in [5, 5.41) is 0.178. The molecule has 0 amide bonds. The normalized spacial score (nSPS) is 18.9. The third-order valence-electron chi connectivity index (χ3n) is 3.83. The average molecular weight is 237 g/mol. The molecule has 1 heteroatoms. The van der Waals surface area contributed by atoms with Gasteiger partial charge in [0.2, 0.25) is 0 Å². The van der Waals surface area contributed by atoms with Crippen molar-refractivity contribution in [3.05, 3.63) is 34.9 Å². The Hall–Kier alpha value is -0.490. The second-order valence-electron chi connectivity index (χ2n) is 5.02. The summed E-state index contributed by atoms with van der Waals surface area (Å²) in [7, 11) is 0. The second-order valence-corrected chi connectivity index (χ2v) is 5.49. The predicted octanol–water partition coefficient (Wildman–Crippen LogP) is 4.89. The fraction of sp³-hybridized carbons (Fsp3) is 0.600. The van der Waals surface area contributed by atoms with Crippen molar-refractivity contribution in [1.82, 2.24) is 0 Å².